The number of nitrogens with one attached hydrogen (secondary N) is 2. The van der Waals surface area contributed by atoms with Gasteiger partial charge in [0.05, 0.1) is 10.4 Å². The maximum atomic E-state index is 12.2. The summed E-state index contributed by atoms with van der Waals surface area (Å²) in [7, 11) is -3.54. The van der Waals surface area contributed by atoms with Crippen LogP contribution in [0.4, 0.5) is 0 Å². The number of thiophene rings is 1. The molecule has 0 aliphatic rings. The molecule has 1 rings (SSSR count). The lowest BCUT2D eigenvalue weighted by Crippen LogP contribution is -2.52. The van der Waals surface area contributed by atoms with E-state index in [0.29, 0.717) is 11.3 Å². The molecule has 0 aromatic carbocycles. The molecule has 134 valence electrons. The fourth-order valence-corrected chi connectivity index (χ4v) is 4.73. The summed E-state index contributed by atoms with van der Waals surface area (Å²) in [5, 5.41) is 2.66. The van der Waals surface area contributed by atoms with E-state index >= 15 is 0 Å². The Balaban J connectivity index is 0.00000484. The number of sulfonamides is 1. The summed E-state index contributed by atoms with van der Waals surface area (Å²) in [6, 6.07) is 1.65. The Kier molecular flexibility index (Phi) is 8.72. The van der Waals surface area contributed by atoms with Crippen LogP contribution in [-0.2, 0) is 14.8 Å². The second-order valence-corrected chi connectivity index (χ2v) is 8.79. The van der Waals surface area contributed by atoms with E-state index in [2.05, 4.69) is 10.0 Å². The lowest BCUT2D eigenvalue weighted by atomic mass is 9.97. The highest BCUT2D eigenvalue weighted by Crippen LogP contribution is 2.24. The molecule has 0 aliphatic heterocycles. The molecule has 1 unspecified atom stereocenters. The minimum absolute atomic E-state index is 0. The molecule has 9 heteroatoms. The highest BCUT2D eigenvalue weighted by atomic mass is 35.5. The first-order valence-electron chi connectivity index (χ1n) is 7.24. The molecule has 1 aromatic rings. The maximum Gasteiger partial charge on any atom is 0.241 e. The van der Waals surface area contributed by atoms with Crippen molar-refractivity contribution in [1.29, 1.82) is 0 Å². The maximum absolute atomic E-state index is 12.2. The Morgan fingerprint density at radius 3 is 2.43 bits per heavy atom. The van der Waals surface area contributed by atoms with Gasteiger partial charge in [0.1, 0.15) is 0 Å². The van der Waals surface area contributed by atoms with Crippen molar-refractivity contribution in [2.24, 2.45) is 5.73 Å². The number of carbonyl (C=O) groups excluding carboxylic acids is 1. The number of carbonyl (C=O) groups is 1. The first-order valence-corrected chi connectivity index (χ1v) is 9.54. The van der Waals surface area contributed by atoms with Gasteiger partial charge in [-0.15, -0.1) is 23.7 Å². The summed E-state index contributed by atoms with van der Waals surface area (Å²) in [4.78, 5) is 13.9. The second kappa shape index (κ2) is 8.98. The van der Waals surface area contributed by atoms with Crippen molar-refractivity contribution >= 4 is 39.7 Å². The minimum Gasteiger partial charge on any atom is -0.353 e. The van der Waals surface area contributed by atoms with Crippen LogP contribution in [0.2, 0.25) is 0 Å². The van der Waals surface area contributed by atoms with Crippen LogP contribution in [0.5, 0.6) is 0 Å². The number of nitrogens with two attached hydrogens (primary N) is 1. The van der Waals surface area contributed by atoms with E-state index in [4.69, 9.17) is 5.73 Å². The van der Waals surface area contributed by atoms with Crippen LogP contribution >= 0.6 is 23.7 Å². The average Bonchev–Trinajstić information content (AvgIpc) is 2.74. The first-order chi connectivity index (χ1) is 10.1. The summed E-state index contributed by atoms with van der Waals surface area (Å²) < 4.78 is 26.8. The van der Waals surface area contributed by atoms with Gasteiger partial charge in [0.15, 0.2) is 0 Å². The molecule has 0 aliphatic carbocycles. The standard InChI is InChI=1S/C14H25N3O3S2.ClH/c1-5-6-14(4,15)13(18)16-7-8-17-22(19,20)12-9-10(2)21-11(12)3;/h9,17H,5-8,15H2,1-4H3,(H,16,18);1H. The van der Waals surface area contributed by atoms with Gasteiger partial charge in [-0.2, -0.15) is 0 Å². The van der Waals surface area contributed by atoms with Gasteiger partial charge >= 0.3 is 0 Å². The predicted octanol–water partition coefficient (Wildman–Crippen LogP) is 1.70. The zero-order valence-electron chi connectivity index (χ0n) is 13.9. The Morgan fingerprint density at radius 1 is 1.35 bits per heavy atom. The minimum atomic E-state index is -3.54. The molecule has 0 saturated heterocycles. The molecule has 0 bridgehead atoms. The van der Waals surface area contributed by atoms with E-state index in [1.54, 1.807) is 19.9 Å². The summed E-state index contributed by atoms with van der Waals surface area (Å²) in [6.07, 6.45) is 1.39. The van der Waals surface area contributed by atoms with Gasteiger partial charge in [-0.3, -0.25) is 4.79 Å². The Labute approximate surface area is 148 Å². The normalized spacial score (nSPS) is 14.0. The van der Waals surface area contributed by atoms with Gasteiger partial charge in [0, 0.05) is 22.8 Å². The zero-order valence-corrected chi connectivity index (χ0v) is 16.4. The lowest BCUT2D eigenvalue weighted by molar-refractivity contribution is -0.126. The summed E-state index contributed by atoms with van der Waals surface area (Å²) in [5.74, 6) is -0.267. The third-order valence-electron chi connectivity index (χ3n) is 3.28. The molecule has 0 fully saturated rings. The van der Waals surface area contributed by atoms with Crippen molar-refractivity contribution in [3.63, 3.8) is 0 Å². The number of rotatable bonds is 8. The van der Waals surface area contributed by atoms with Crippen LogP contribution in [0, 0.1) is 13.8 Å². The van der Waals surface area contributed by atoms with E-state index in [9.17, 15) is 13.2 Å². The molecule has 1 heterocycles. The monoisotopic (exact) mass is 383 g/mol. The molecule has 0 saturated carbocycles. The Bertz CT molecular complexity index is 627. The van der Waals surface area contributed by atoms with Crippen LogP contribution < -0.4 is 15.8 Å². The Morgan fingerprint density at radius 2 is 1.96 bits per heavy atom. The van der Waals surface area contributed by atoms with Crippen LogP contribution in [0.15, 0.2) is 11.0 Å². The highest BCUT2D eigenvalue weighted by Gasteiger charge is 2.26. The highest BCUT2D eigenvalue weighted by molar-refractivity contribution is 7.89. The molecule has 1 aromatic heterocycles. The summed E-state index contributed by atoms with van der Waals surface area (Å²) >= 11 is 1.44. The quantitative estimate of drug-likeness (QED) is 0.594. The number of aryl methyl sites for hydroxylation is 2. The molecule has 0 spiro atoms. The number of amides is 1. The predicted molar refractivity (Wildman–Crippen MR) is 96.7 cm³/mol. The second-order valence-electron chi connectivity index (χ2n) is 5.60. The summed E-state index contributed by atoms with van der Waals surface area (Å²) in [5.41, 5.74) is 4.98. The molecule has 6 nitrogen and oxygen atoms in total. The molecular formula is C14H26ClN3O3S2. The van der Waals surface area contributed by atoms with Gasteiger partial charge < -0.3 is 11.1 Å². The van der Waals surface area contributed by atoms with Crippen molar-refractivity contribution in [2.75, 3.05) is 13.1 Å². The van der Waals surface area contributed by atoms with Crippen molar-refractivity contribution in [3.8, 4) is 0 Å². The topological polar surface area (TPSA) is 101 Å². The smallest absolute Gasteiger partial charge is 0.241 e. The number of hydrogen-bond donors (Lipinski definition) is 3. The van der Waals surface area contributed by atoms with E-state index < -0.39 is 15.6 Å². The van der Waals surface area contributed by atoms with E-state index in [1.807, 2.05) is 13.8 Å². The molecular weight excluding hydrogens is 358 g/mol. The van der Waals surface area contributed by atoms with E-state index in [0.717, 1.165) is 16.2 Å². The van der Waals surface area contributed by atoms with Gasteiger partial charge in [-0.25, -0.2) is 13.1 Å². The van der Waals surface area contributed by atoms with Crippen LogP contribution in [0.3, 0.4) is 0 Å². The molecule has 23 heavy (non-hydrogen) atoms. The van der Waals surface area contributed by atoms with Gasteiger partial charge in [0.2, 0.25) is 15.9 Å². The SMILES string of the molecule is CCCC(C)(N)C(=O)NCCNS(=O)(=O)c1cc(C)sc1C.Cl. The van der Waals surface area contributed by atoms with Crippen molar-refractivity contribution < 1.29 is 13.2 Å². The fourth-order valence-electron chi connectivity index (χ4n) is 2.15. The van der Waals surface area contributed by atoms with E-state index in [-0.39, 0.29) is 31.4 Å². The summed E-state index contributed by atoms with van der Waals surface area (Å²) in [6.45, 7) is 7.61. The van der Waals surface area contributed by atoms with E-state index in [1.165, 1.54) is 11.3 Å². The third-order valence-corrected chi connectivity index (χ3v) is 5.96. The number of halogens is 1. The largest absolute Gasteiger partial charge is 0.353 e. The first kappa shape index (κ1) is 22.3. The van der Waals surface area contributed by atoms with Gasteiger partial charge in [-0.05, 0) is 33.3 Å². The lowest BCUT2D eigenvalue weighted by Gasteiger charge is -2.22. The molecule has 0 radical (unpaired) electrons. The molecule has 1 amide bonds. The van der Waals surface area contributed by atoms with Crippen molar-refractivity contribution in [2.45, 2.75) is 51.0 Å². The van der Waals surface area contributed by atoms with Gasteiger partial charge in [-0.1, -0.05) is 13.3 Å². The molecule has 4 N–H and O–H groups in total. The van der Waals surface area contributed by atoms with Gasteiger partial charge in [0.25, 0.3) is 0 Å². The Hall–Kier alpha value is -0.670. The fraction of sp³-hybridized carbons (Fsp3) is 0.643. The molecule has 1 atom stereocenters. The third kappa shape index (κ3) is 6.39. The van der Waals surface area contributed by atoms with Crippen LogP contribution in [0.25, 0.3) is 0 Å². The van der Waals surface area contributed by atoms with Crippen LogP contribution in [0.1, 0.15) is 36.4 Å². The average molecular weight is 384 g/mol. The zero-order chi connectivity index (χ0) is 17.0. The number of hydrogen-bond acceptors (Lipinski definition) is 5. The van der Waals surface area contributed by atoms with Crippen LogP contribution in [-0.4, -0.2) is 33.0 Å². The van der Waals surface area contributed by atoms with Crippen molar-refractivity contribution in [3.05, 3.63) is 15.8 Å². The van der Waals surface area contributed by atoms with Crippen molar-refractivity contribution in [1.82, 2.24) is 10.0 Å².